The summed E-state index contributed by atoms with van der Waals surface area (Å²) in [4.78, 5) is 3.78. The van der Waals surface area contributed by atoms with E-state index in [0.29, 0.717) is 18.0 Å². The Bertz CT molecular complexity index is 362. The fourth-order valence-electron chi connectivity index (χ4n) is 2.37. The summed E-state index contributed by atoms with van der Waals surface area (Å²) in [5.41, 5.74) is 6.33. The van der Waals surface area contributed by atoms with Crippen molar-refractivity contribution in [1.29, 1.82) is 0 Å². The first kappa shape index (κ1) is 12.4. The first-order valence-corrected chi connectivity index (χ1v) is 6.96. The minimum absolute atomic E-state index is 0.347. The van der Waals surface area contributed by atoms with E-state index in [2.05, 4.69) is 24.8 Å². The van der Waals surface area contributed by atoms with Crippen molar-refractivity contribution in [1.82, 2.24) is 4.90 Å². The van der Waals surface area contributed by atoms with Gasteiger partial charge in [-0.3, -0.25) is 4.90 Å². The first-order valence-electron chi connectivity index (χ1n) is 5.70. The molecule has 1 aromatic rings. The van der Waals surface area contributed by atoms with Crippen LogP contribution in [0.1, 0.15) is 31.2 Å². The van der Waals surface area contributed by atoms with Crippen LogP contribution in [0.15, 0.2) is 11.4 Å². The summed E-state index contributed by atoms with van der Waals surface area (Å²) in [6.07, 6.45) is 1.25. The normalized spacial score (nSPS) is 22.5. The average molecular weight is 259 g/mol. The zero-order valence-corrected chi connectivity index (χ0v) is 11.4. The maximum absolute atomic E-state index is 5.98. The van der Waals surface area contributed by atoms with E-state index in [4.69, 9.17) is 17.3 Å². The van der Waals surface area contributed by atoms with Gasteiger partial charge in [-0.2, -0.15) is 0 Å². The Morgan fingerprint density at radius 3 is 2.81 bits per heavy atom. The third kappa shape index (κ3) is 2.59. The predicted octanol–water partition coefficient (Wildman–Crippen LogP) is 3.13. The molecule has 1 unspecified atom stereocenters. The van der Waals surface area contributed by atoms with Crippen molar-refractivity contribution >= 4 is 22.9 Å². The standard InChI is InChI=1S/C12H19ClN2S/c1-12(2)3-4-15(8-12)10(6-14)11-5-9(13)7-16-11/h5,7,10H,3-4,6,8,14H2,1-2H3. The molecule has 1 aromatic heterocycles. The lowest BCUT2D eigenvalue weighted by Gasteiger charge is -2.27. The average Bonchev–Trinajstić information content (AvgIpc) is 2.75. The molecule has 90 valence electrons. The molecule has 2 heterocycles. The van der Waals surface area contributed by atoms with Gasteiger partial charge in [0.2, 0.25) is 0 Å². The predicted molar refractivity (Wildman–Crippen MR) is 71.1 cm³/mol. The molecule has 0 aliphatic carbocycles. The lowest BCUT2D eigenvalue weighted by molar-refractivity contribution is 0.226. The molecule has 1 saturated heterocycles. The zero-order chi connectivity index (χ0) is 11.8. The molecule has 0 radical (unpaired) electrons. The minimum Gasteiger partial charge on any atom is -0.329 e. The molecule has 0 amide bonds. The summed E-state index contributed by atoms with van der Waals surface area (Å²) in [7, 11) is 0. The summed E-state index contributed by atoms with van der Waals surface area (Å²) < 4.78 is 0. The third-order valence-corrected chi connectivity index (χ3v) is 4.67. The molecule has 1 fully saturated rings. The summed E-state index contributed by atoms with van der Waals surface area (Å²) in [5.74, 6) is 0. The molecule has 0 saturated carbocycles. The molecule has 1 aliphatic heterocycles. The summed E-state index contributed by atoms with van der Waals surface area (Å²) in [6.45, 7) is 7.59. The van der Waals surface area contributed by atoms with Crippen molar-refractivity contribution in [2.24, 2.45) is 11.1 Å². The number of hydrogen-bond acceptors (Lipinski definition) is 3. The van der Waals surface area contributed by atoms with E-state index in [0.717, 1.165) is 18.1 Å². The fourth-order valence-corrected chi connectivity index (χ4v) is 3.60. The van der Waals surface area contributed by atoms with E-state index in [1.54, 1.807) is 11.3 Å². The fraction of sp³-hybridized carbons (Fsp3) is 0.667. The van der Waals surface area contributed by atoms with E-state index in [1.807, 2.05) is 5.38 Å². The Labute approximate surface area is 106 Å². The van der Waals surface area contributed by atoms with Crippen LogP contribution in [0.25, 0.3) is 0 Å². The summed E-state index contributed by atoms with van der Waals surface area (Å²) >= 11 is 7.69. The van der Waals surface area contributed by atoms with E-state index in [9.17, 15) is 0 Å². The Morgan fingerprint density at radius 2 is 2.38 bits per heavy atom. The molecule has 0 spiro atoms. The number of nitrogens with two attached hydrogens (primary N) is 1. The Morgan fingerprint density at radius 1 is 1.62 bits per heavy atom. The van der Waals surface area contributed by atoms with E-state index >= 15 is 0 Å². The van der Waals surface area contributed by atoms with Crippen LogP contribution in [-0.2, 0) is 0 Å². The molecule has 2 nitrogen and oxygen atoms in total. The van der Waals surface area contributed by atoms with Gasteiger partial charge in [-0.05, 0) is 24.4 Å². The van der Waals surface area contributed by atoms with Crippen LogP contribution in [0.4, 0.5) is 0 Å². The second-order valence-electron chi connectivity index (χ2n) is 5.30. The van der Waals surface area contributed by atoms with Crippen LogP contribution < -0.4 is 5.73 Å². The molecule has 2 N–H and O–H groups in total. The number of rotatable bonds is 3. The third-order valence-electron chi connectivity index (χ3n) is 3.29. The maximum Gasteiger partial charge on any atom is 0.0565 e. The van der Waals surface area contributed by atoms with Gasteiger partial charge in [0, 0.05) is 23.3 Å². The number of thiophene rings is 1. The Hall–Kier alpha value is -0.0900. The molecule has 2 rings (SSSR count). The van der Waals surface area contributed by atoms with Crippen molar-refractivity contribution in [2.75, 3.05) is 19.6 Å². The second kappa shape index (κ2) is 4.65. The van der Waals surface area contributed by atoms with Crippen LogP contribution >= 0.6 is 22.9 Å². The van der Waals surface area contributed by atoms with Gasteiger partial charge in [0.15, 0.2) is 0 Å². The van der Waals surface area contributed by atoms with E-state index in [-0.39, 0.29) is 0 Å². The number of likely N-dealkylation sites (tertiary alicyclic amines) is 1. The monoisotopic (exact) mass is 258 g/mol. The summed E-state index contributed by atoms with van der Waals surface area (Å²) in [5, 5.41) is 2.82. The van der Waals surface area contributed by atoms with Crippen LogP contribution in [-0.4, -0.2) is 24.5 Å². The lowest BCUT2D eigenvalue weighted by atomic mass is 9.93. The van der Waals surface area contributed by atoms with Crippen LogP contribution in [0.3, 0.4) is 0 Å². The molecule has 1 atom stereocenters. The van der Waals surface area contributed by atoms with Crippen molar-refractivity contribution in [3.8, 4) is 0 Å². The van der Waals surface area contributed by atoms with Gasteiger partial charge in [0.25, 0.3) is 0 Å². The lowest BCUT2D eigenvalue weighted by Crippen LogP contribution is -2.32. The topological polar surface area (TPSA) is 29.3 Å². The first-order chi connectivity index (χ1) is 7.52. The van der Waals surface area contributed by atoms with Crippen LogP contribution in [0.5, 0.6) is 0 Å². The second-order valence-corrected chi connectivity index (χ2v) is 6.68. The van der Waals surface area contributed by atoms with Crippen molar-refractivity contribution < 1.29 is 0 Å². The summed E-state index contributed by atoms with van der Waals surface area (Å²) in [6, 6.07) is 2.40. The largest absolute Gasteiger partial charge is 0.329 e. The molecular formula is C12H19ClN2S. The van der Waals surface area contributed by atoms with Crippen LogP contribution in [0.2, 0.25) is 5.02 Å². The highest BCUT2D eigenvalue weighted by atomic mass is 35.5. The SMILES string of the molecule is CC1(C)CCN(C(CN)c2cc(Cl)cs2)C1. The van der Waals surface area contributed by atoms with Crippen molar-refractivity contribution in [3.63, 3.8) is 0 Å². The van der Waals surface area contributed by atoms with E-state index < -0.39 is 0 Å². The smallest absolute Gasteiger partial charge is 0.0565 e. The van der Waals surface area contributed by atoms with Gasteiger partial charge < -0.3 is 5.73 Å². The molecule has 0 aromatic carbocycles. The number of nitrogens with zero attached hydrogens (tertiary/aromatic N) is 1. The van der Waals surface area contributed by atoms with Gasteiger partial charge in [0.1, 0.15) is 0 Å². The quantitative estimate of drug-likeness (QED) is 0.903. The Kier molecular flexibility index (Phi) is 3.59. The highest BCUT2D eigenvalue weighted by Gasteiger charge is 2.33. The maximum atomic E-state index is 5.98. The molecule has 16 heavy (non-hydrogen) atoms. The van der Waals surface area contributed by atoms with Crippen LogP contribution in [0, 0.1) is 5.41 Å². The van der Waals surface area contributed by atoms with E-state index in [1.165, 1.54) is 11.3 Å². The van der Waals surface area contributed by atoms with Gasteiger partial charge >= 0.3 is 0 Å². The molecule has 1 aliphatic rings. The molecule has 0 bridgehead atoms. The molecule has 4 heteroatoms. The van der Waals surface area contributed by atoms with Gasteiger partial charge in [-0.15, -0.1) is 11.3 Å². The minimum atomic E-state index is 0.347. The van der Waals surface area contributed by atoms with Gasteiger partial charge in [0.05, 0.1) is 11.1 Å². The Balaban J connectivity index is 2.12. The number of halogens is 1. The van der Waals surface area contributed by atoms with Crippen molar-refractivity contribution in [2.45, 2.75) is 26.3 Å². The zero-order valence-electron chi connectivity index (χ0n) is 9.87. The molecular weight excluding hydrogens is 240 g/mol. The highest BCUT2D eigenvalue weighted by Crippen LogP contribution is 2.36. The van der Waals surface area contributed by atoms with Crippen molar-refractivity contribution in [3.05, 3.63) is 21.3 Å². The van der Waals surface area contributed by atoms with Gasteiger partial charge in [-0.25, -0.2) is 0 Å². The highest BCUT2D eigenvalue weighted by molar-refractivity contribution is 7.10. The number of hydrogen-bond donors (Lipinski definition) is 1. The van der Waals surface area contributed by atoms with Gasteiger partial charge in [-0.1, -0.05) is 25.4 Å².